The second-order valence-corrected chi connectivity index (χ2v) is 2.35. The van der Waals surface area contributed by atoms with Gasteiger partial charge in [-0.25, -0.2) is 0 Å². The van der Waals surface area contributed by atoms with Crippen molar-refractivity contribution in [3.63, 3.8) is 0 Å². The lowest BCUT2D eigenvalue weighted by Gasteiger charge is -2.06. The van der Waals surface area contributed by atoms with E-state index in [9.17, 15) is 9.59 Å². The molecule has 4 nitrogen and oxygen atoms in total. The topological polar surface area (TPSA) is 74.6 Å². The van der Waals surface area contributed by atoms with Gasteiger partial charge in [-0.05, 0) is 5.56 Å². The van der Waals surface area contributed by atoms with Gasteiger partial charge in [0.25, 0.3) is 0 Å². The van der Waals surface area contributed by atoms with Gasteiger partial charge in [0, 0.05) is 0 Å². The Morgan fingerprint density at radius 1 is 1.15 bits per heavy atom. The molecule has 0 aliphatic carbocycles. The van der Waals surface area contributed by atoms with Gasteiger partial charge < -0.3 is 10.2 Å². The Morgan fingerprint density at radius 3 is 2.00 bits per heavy atom. The van der Waals surface area contributed by atoms with Crippen LogP contribution in [0.1, 0.15) is 12.8 Å². The summed E-state index contributed by atoms with van der Waals surface area (Å²) >= 11 is 0. The Kier molecular flexibility index (Phi) is 2.22. The number of hydrogen-bond acceptors (Lipinski definition) is 2. The molecule has 0 aliphatic heterocycles. The van der Waals surface area contributed by atoms with Crippen LogP contribution in [0.4, 0.5) is 0 Å². The first-order chi connectivity index (χ1) is 6.49. The van der Waals surface area contributed by atoms with Crippen molar-refractivity contribution in [2.24, 2.45) is 0 Å². The maximum Gasteiger partial charge on any atom is 0.322 e. The monoisotopic (exact) mass is 181 g/mol. The summed E-state index contributed by atoms with van der Waals surface area (Å²) in [4.78, 5) is 21.4. The summed E-state index contributed by atoms with van der Waals surface area (Å²) in [5.41, 5.74) is -0.0694. The molecule has 0 saturated carbocycles. The fourth-order valence-electron chi connectivity index (χ4n) is 0.943. The zero-order valence-electron chi connectivity index (χ0n) is 7.60. The highest BCUT2D eigenvalue weighted by molar-refractivity contribution is 5.98. The molecule has 0 unspecified atom stereocenters. The zero-order valence-corrected chi connectivity index (χ0v) is 6.60. The number of carbonyl (C=O) groups is 2. The maximum atomic E-state index is 10.7. The molecule has 0 amide bonds. The molecule has 68 valence electrons. The lowest BCUT2D eigenvalue weighted by atomic mass is 10.00. The zero-order chi connectivity index (χ0) is 10.8. The van der Waals surface area contributed by atoms with Gasteiger partial charge in [-0.3, -0.25) is 9.59 Å². The van der Waals surface area contributed by atoms with Gasteiger partial charge in [-0.1, -0.05) is 30.3 Å². The smallest absolute Gasteiger partial charge is 0.322 e. The van der Waals surface area contributed by atoms with E-state index in [0.29, 0.717) is 0 Å². The molecule has 1 rings (SSSR count). The number of aliphatic carboxylic acids is 2. The Morgan fingerprint density at radius 2 is 1.62 bits per heavy atom. The fourth-order valence-corrected chi connectivity index (χ4v) is 0.943. The summed E-state index contributed by atoms with van der Waals surface area (Å²) in [6.45, 7) is 0. The van der Waals surface area contributed by atoms with Gasteiger partial charge in [-0.2, -0.15) is 0 Å². The lowest BCUT2D eigenvalue weighted by Crippen LogP contribution is -2.20. The van der Waals surface area contributed by atoms with Crippen LogP contribution in [0.3, 0.4) is 0 Å². The van der Waals surface area contributed by atoms with Gasteiger partial charge in [0.05, 0.1) is 1.37 Å². The average Bonchev–Trinajstić information content (AvgIpc) is 2.17. The van der Waals surface area contributed by atoms with Crippen LogP contribution in [0.2, 0.25) is 0 Å². The number of benzene rings is 1. The Balaban J connectivity index is 3.27. The van der Waals surface area contributed by atoms with Gasteiger partial charge in [-0.15, -0.1) is 0 Å². The van der Waals surface area contributed by atoms with E-state index in [2.05, 4.69) is 0 Å². The summed E-state index contributed by atoms with van der Waals surface area (Å²) in [5.74, 6) is -6.02. The fraction of sp³-hybridized carbons (Fsp3) is 0.111. The Hall–Kier alpha value is -1.84. The third-order valence-electron chi connectivity index (χ3n) is 1.49. The molecule has 0 aromatic heterocycles. The summed E-state index contributed by atoms with van der Waals surface area (Å²) in [6.07, 6.45) is 0. The van der Waals surface area contributed by atoms with E-state index in [1.165, 1.54) is 24.3 Å². The third-order valence-corrected chi connectivity index (χ3v) is 1.49. The first kappa shape index (κ1) is 7.79. The van der Waals surface area contributed by atoms with Crippen molar-refractivity contribution in [1.29, 1.82) is 0 Å². The maximum absolute atomic E-state index is 10.7. The predicted molar refractivity (Wildman–Crippen MR) is 44.5 cm³/mol. The van der Waals surface area contributed by atoms with E-state index in [1.807, 2.05) is 0 Å². The minimum absolute atomic E-state index is 0.0694. The summed E-state index contributed by atoms with van der Waals surface area (Å²) in [6, 6.07) is 7.20. The predicted octanol–water partition coefficient (Wildman–Crippen LogP) is 0.939. The molecule has 4 heteroatoms. The van der Waals surface area contributed by atoms with Crippen LogP contribution in [0.5, 0.6) is 0 Å². The minimum Gasteiger partial charge on any atom is -0.480 e. The number of rotatable bonds is 3. The quantitative estimate of drug-likeness (QED) is 0.680. The molecule has 0 spiro atoms. The molecule has 2 N–H and O–H groups in total. The number of carboxylic acids is 2. The molecule has 13 heavy (non-hydrogen) atoms. The van der Waals surface area contributed by atoms with Crippen molar-refractivity contribution in [3.05, 3.63) is 35.9 Å². The Bertz CT molecular complexity index is 346. The van der Waals surface area contributed by atoms with Gasteiger partial charge >= 0.3 is 11.9 Å². The van der Waals surface area contributed by atoms with Crippen molar-refractivity contribution in [2.45, 2.75) is 5.89 Å². The van der Waals surface area contributed by atoms with Crippen LogP contribution >= 0.6 is 0 Å². The van der Waals surface area contributed by atoms with Gasteiger partial charge in [0.2, 0.25) is 0 Å². The number of carboxylic acid groups (broad SMARTS) is 2. The lowest BCUT2D eigenvalue weighted by molar-refractivity contribution is -0.150. The minimum atomic E-state index is -2.62. The van der Waals surface area contributed by atoms with E-state index in [0.717, 1.165) is 0 Å². The second-order valence-electron chi connectivity index (χ2n) is 2.35. The SMILES string of the molecule is [2H]C(C(=O)O)(C(=O)O)c1ccccc1. The highest BCUT2D eigenvalue weighted by atomic mass is 16.4. The van der Waals surface area contributed by atoms with E-state index in [1.54, 1.807) is 6.07 Å². The molecule has 1 aromatic carbocycles. The van der Waals surface area contributed by atoms with Gasteiger partial charge in [0.1, 0.15) is 0 Å². The summed E-state index contributed by atoms with van der Waals surface area (Å²) in [5, 5.41) is 17.4. The molecule has 0 atom stereocenters. The third kappa shape index (κ3) is 2.05. The van der Waals surface area contributed by atoms with E-state index in [-0.39, 0.29) is 5.56 Å². The molecule has 0 saturated heterocycles. The largest absolute Gasteiger partial charge is 0.480 e. The summed E-state index contributed by atoms with van der Waals surface area (Å²) < 4.78 is 7.37. The molecule has 0 fully saturated rings. The van der Waals surface area contributed by atoms with E-state index >= 15 is 0 Å². The van der Waals surface area contributed by atoms with Crippen LogP contribution in [-0.4, -0.2) is 22.2 Å². The van der Waals surface area contributed by atoms with E-state index < -0.39 is 17.8 Å². The van der Waals surface area contributed by atoms with Crippen LogP contribution in [0, 0.1) is 0 Å². The van der Waals surface area contributed by atoms with Crippen molar-refractivity contribution >= 4 is 11.9 Å². The van der Waals surface area contributed by atoms with Gasteiger partial charge in [0.15, 0.2) is 5.89 Å². The van der Waals surface area contributed by atoms with Crippen LogP contribution in [0.25, 0.3) is 0 Å². The normalized spacial score (nSPS) is 11.8. The first-order valence-corrected chi connectivity index (χ1v) is 3.52. The van der Waals surface area contributed by atoms with Crippen molar-refractivity contribution in [3.8, 4) is 0 Å². The molecule has 1 aromatic rings. The molecular weight excluding hydrogens is 172 g/mol. The average molecular weight is 181 g/mol. The number of hydrogen-bond donors (Lipinski definition) is 2. The molecule has 0 heterocycles. The van der Waals surface area contributed by atoms with E-state index in [4.69, 9.17) is 11.6 Å². The molecule has 0 aliphatic rings. The standard InChI is InChI=1S/C9H8O4/c10-8(11)7(9(12)13)6-4-2-1-3-5-6/h1-5,7H,(H,10,11)(H,12,13)/i7D. The van der Waals surface area contributed by atoms with Crippen LogP contribution < -0.4 is 0 Å². The summed E-state index contributed by atoms with van der Waals surface area (Å²) in [7, 11) is 0. The van der Waals surface area contributed by atoms with Crippen LogP contribution in [0.15, 0.2) is 30.3 Å². The van der Waals surface area contributed by atoms with Crippen molar-refractivity contribution in [2.75, 3.05) is 0 Å². The molecule has 0 radical (unpaired) electrons. The Labute approximate surface area is 75.8 Å². The van der Waals surface area contributed by atoms with Crippen molar-refractivity contribution < 1.29 is 21.2 Å². The van der Waals surface area contributed by atoms with Crippen molar-refractivity contribution in [1.82, 2.24) is 0 Å². The highest BCUT2D eigenvalue weighted by Gasteiger charge is 2.27. The first-order valence-electron chi connectivity index (χ1n) is 4.02. The van der Waals surface area contributed by atoms with Crippen LogP contribution in [-0.2, 0) is 9.59 Å². The molecular formula is C9H8O4. The second kappa shape index (κ2) is 3.71. The molecule has 0 bridgehead atoms. The highest BCUT2D eigenvalue weighted by Crippen LogP contribution is 2.15.